The van der Waals surface area contributed by atoms with Gasteiger partial charge in [-0.25, -0.2) is 4.68 Å². The minimum absolute atomic E-state index is 0.677. The molecule has 0 spiro atoms. The molecule has 8 heteroatoms. The van der Waals surface area contributed by atoms with Crippen molar-refractivity contribution in [3.63, 3.8) is 0 Å². The molecule has 3 heterocycles. The maximum Gasteiger partial charge on any atom is 0.199 e. The summed E-state index contributed by atoms with van der Waals surface area (Å²) >= 11 is 15.0. The Labute approximate surface area is 159 Å². The van der Waals surface area contributed by atoms with Crippen LogP contribution in [-0.2, 0) is 19.8 Å². The van der Waals surface area contributed by atoms with Crippen LogP contribution in [0.15, 0.2) is 29.6 Å². The van der Waals surface area contributed by atoms with E-state index in [1.54, 1.807) is 22.7 Å². The molecule has 3 rings (SSSR count). The highest BCUT2D eigenvalue weighted by Gasteiger charge is 2.15. The predicted molar refractivity (Wildman–Crippen MR) is 105 cm³/mol. The molecule has 0 atom stereocenters. The van der Waals surface area contributed by atoms with Gasteiger partial charge in [-0.15, -0.1) is 27.8 Å². The van der Waals surface area contributed by atoms with Crippen LogP contribution in [0, 0.1) is 4.77 Å². The second-order valence-electron chi connectivity index (χ2n) is 5.32. The lowest BCUT2D eigenvalue weighted by molar-refractivity contribution is 0.209. The van der Waals surface area contributed by atoms with Gasteiger partial charge in [0.15, 0.2) is 10.6 Å². The van der Waals surface area contributed by atoms with E-state index in [9.17, 15) is 0 Å². The summed E-state index contributed by atoms with van der Waals surface area (Å²) in [7, 11) is 0. The van der Waals surface area contributed by atoms with E-state index in [0.717, 1.165) is 39.4 Å². The fraction of sp³-hybridized carbons (Fsp3) is 0.375. The van der Waals surface area contributed by atoms with Gasteiger partial charge in [-0.05, 0) is 49.3 Å². The van der Waals surface area contributed by atoms with Gasteiger partial charge in [0.05, 0.1) is 15.9 Å². The Bertz CT molecular complexity index is 847. The lowest BCUT2D eigenvalue weighted by Gasteiger charge is -2.19. The van der Waals surface area contributed by atoms with Crippen molar-refractivity contribution in [2.75, 3.05) is 6.54 Å². The highest BCUT2D eigenvalue weighted by atomic mass is 35.5. The average molecular weight is 399 g/mol. The van der Waals surface area contributed by atoms with Crippen molar-refractivity contribution in [2.45, 2.75) is 33.6 Å². The second kappa shape index (κ2) is 7.93. The van der Waals surface area contributed by atoms with E-state index in [1.807, 2.05) is 16.8 Å². The molecule has 0 unspecified atom stereocenters. The second-order valence-corrected chi connectivity index (χ2v) is 8.43. The first-order chi connectivity index (χ1) is 11.6. The molecule has 0 saturated carbocycles. The van der Waals surface area contributed by atoms with E-state index in [-0.39, 0.29) is 0 Å². The van der Waals surface area contributed by atoms with E-state index < -0.39 is 0 Å². The molecule has 128 valence electrons. The highest BCUT2D eigenvalue weighted by molar-refractivity contribution is 7.71. The van der Waals surface area contributed by atoms with Crippen molar-refractivity contribution < 1.29 is 0 Å². The number of thiophene rings is 2. The number of hydrogen-bond acceptors (Lipinski definition) is 5. The third-order valence-electron chi connectivity index (χ3n) is 3.77. The molecule has 0 saturated heterocycles. The Morgan fingerprint density at radius 2 is 2.12 bits per heavy atom. The summed E-state index contributed by atoms with van der Waals surface area (Å²) in [6.07, 6.45) is 0. The molecule has 0 aliphatic rings. The first kappa shape index (κ1) is 17.8. The van der Waals surface area contributed by atoms with Gasteiger partial charge in [-0.3, -0.25) is 9.47 Å². The van der Waals surface area contributed by atoms with Gasteiger partial charge in [-0.2, -0.15) is 0 Å². The van der Waals surface area contributed by atoms with E-state index in [1.165, 1.54) is 4.88 Å². The number of halogens is 1. The molecule has 24 heavy (non-hydrogen) atoms. The first-order valence-electron chi connectivity index (χ1n) is 7.80. The topological polar surface area (TPSA) is 26.0 Å². The Morgan fingerprint density at radius 1 is 1.29 bits per heavy atom. The molecule has 4 nitrogen and oxygen atoms in total. The first-order valence-corrected chi connectivity index (χ1v) is 10.3. The maximum atomic E-state index is 6.04. The maximum absolute atomic E-state index is 6.04. The van der Waals surface area contributed by atoms with E-state index >= 15 is 0 Å². The summed E-state index contributed by atoms with van der Waals surface area (Å²) in [5.41, 5.74) is 0. The quantitative estimate of drug-likeness (QED) is 0.501. The van der Waals surface area contributed by atoms with Crippen LogP contribution in [0.5, 0.6) is 0 Å². The monoisotopic (exact) mass is 398 g/mol. The van der Waals surface area contributed by atoms with Gasteiger partial charge >= 0.3 is 0 Å². The Morgan fingerprint density at radius 3 is 2.71 bits per heavy atom. The lowest BCUT2D eigenvalue weighted by Crippen LogP contribution is -2.26. The number of aromatic nitrogens is 3. The van der Waals surface area contributed by atoms with Crippen LogP contribution in [-0.4, -0.2) is 25.8 Å². The summed E-state index contributed by atoms with van der Waals surface area (Å²) in [6.45, 7) is 7.52. The largest absolute Gasteiger partial charge is 0.300 e. The molecule has 0 fully saturated rings. The molecule has 3 aromatic rings. The molecule has 0 aliphatic carbocycles. The third kappa shape index (κ3) is 3.81. The molecule has 0 radical (unpaired) electrons. The predicted octanol–water partition coefficient (Wildman–Crippen LogP) is 5.36. The summed E-state index contributed by atoms with van der Waals surface area (Å²) in [5.74, 6) is 0.952. The van der Waals surface area contributed by atoms with Gasteiger partial charge in [0.2, 0.25) is 0 Å². The van der Waals surface area contributed by atoms with Crippen LogP contribution in [0.1, 0.15) is 18.7 Å². The van der Waals surface area contributed by atoms with Gasteiger partial charge in [-0.1, -0.05) is 24.6 Å². The highest BCUT2D eigenvalue weighted by Crippen LogP contribution is 2.25. The van der Waals surface area contributed by atoms with E-state index in [0.29, 0.717) is 6.67 Å². The van der Waals surface area contributed by atoms with Gasteiger partial charge in [0.1, 0.15) is 0 Å². The molecular formula is C16H19ClN4S3. The zero-order valence-corrected chi connectivity index (χ0v) is 16.8. The molecular weight excluding hydrogens is 380 g/mol. The standard InChI is InChI=1S/C16H19ClN4S3/c1-3-19(10-12-7-8-14(17)24-12)11-21-16(22)20(4-2)15(18-21)13-6-5-9-23-13/h5-9H,3-4,10-11H2,1-2H3. The zero-order chi connectivity index (χ0) is 17.1. The summed E-state index contributed by atoms with van der Waals surface area (Å²) in [6, 6.07) is 8.16. The van der Waals surface area contributed by atoms with Crippen molar-refractivity contribution in [2.24, 2.45) is 0 Å². The van der Waals surface area contributed by atoms with Crippen molar-refractivity contribution in [1.29, 1.82) is 0 Å². The summed E-state index contributed by atoms with van der Waals surface area (Å²) in [4.78, 5) is 4.71. The molecule has 0 bridgehead atoms. The van der Waals surface area contributed by atoms with Crippen LogP contribution < -0.4 is 0 Å². The van der Waals surface area contributed by atoms with Crippen LogP contribution in [0.4, 0.5) is 0 Å². The lowest BCUT2D eigenvalue weighted by atomic mass is 10.4. The smallest absolute Gasteiger partial charge is 0.199 e. The molecule has 0 N–H and O–H groups in total. The van der Waals surface area contributed by atoms with Crippen LogP contribution in [0.3, 0.4) is 0 Å². The number of nitrogens with zero attached hydrogens (tertiary/aromatic N) is 4. The van der Waals surface area contributed by atoms with Crippen molar-refractivity contribution >= 4 is 46.5 Å². The van der Waals surface area contributed by atoms with Crippen molar-refractivity contribution in [3.05, 3.63) is 43.6 Å². The third-order valence-corrected chi connectivity index (χ3v) is 6.28. The van der Waals surface area contributed by atoms with Crippen LogP contribution in [0.25, 0.3) is 10.7 Å². The normalized spacial score (nSPS) is 11.5. The van der Waals surface area contributed by atoms with E-state index in [2.05, 4.69) is 40.8 Å². The van der Waals surface area contributed by atoms with E-state index in [4.69, 9.17) is 28.9 Å². The fourth-order valence-electron chi connectivity index (χ4n) is 2.51. The Balaban J connectivity index is 1.84. The molecule has 0 aliphatic heterocycles. The SMILES string of the molecule is CCN(Cc1ccc(Cl)s1)Cn1nc(-c2cccs2)n(CC)c1=S. The average Bonchev–Trinajstić information content (AvgIpc) is 3.28. The Hall–Kier alpha value is -0.990. The summed E-state index contributed by atoms with van der Waals surface area (Å²) in [5, 5.41) is 6.84. The van der Waals surface area contributed by atoms with Gasteiger partial charge in [0, 0.05) is 18.0 Å². The molecule has 0 aromatic carbocycles. The van der Waals surface area contributed by atoms with Crippen LogP contribution >= 0.6 is 46.5 Å². The number of rotatable bonds is 7. The van der Waals surface area contributed by atoms with Gasteiger partial charge in [0.25, 0.3) is 0 Å². The zero-order valence-electron chi connectivity index (χ0n) is 13.6. The van der Waals surface area contributed by atoms with Crippen molar-refractivity contribution in [1.82, 2.24) is 19.2 Å². The van der Waals surface area contributed by atoms with Crippen molar-refractivity contribution in [3.8, 4) is 10.7 Å². The minimum Gasteiger partial charge on any atom is -0.300 e. The minimum atomic E-state index is 0.677. The summed E-state index contributed by atoms with van der Waals surface area (Å²) < 4.78 is 5.61. The van der Waals surface area contributed by atoms with Crippen LogP contribution in [0.2, 0.25) is 4.34 Å². The van der Waals surface area contributed by atoms with Gasteiger partial charge < -0.3 is 0 Å². The number of hydrogen-bond donors (Lipinski definition) is 0. The fourth-order valence-corrected chi connectivity index (χ4v) is 4.68. The Kier molecular flexibility index (Phi) is 5.89. The molecule has 0 amide bonds. The molecule has 3 aromatic heterocycles.